The zero-order chi connectivity index (χ0) is 24.3. The number of oxime groups is 1. The molecule has 4 rings (SSSR count). The number of aromatic nitrogens is 1. The number of hydrogen-bond acceptors (Lipinski definition) is 6. The molecule has 0 spiro atoms. The highest BCUT2D eigenvalue weighted by molar-refractivity contribution is 5.89. The second-order valence-electron chi connectivity index (χ2n) is 7.32. The van der Waals surface area contributed by atoms with Crippen LogP contribution in [-0.4, -0.2) is 23.7 Å². The van der Waals surface area contributed by atoms with Gasteiger partial charge < -0.3 is 9.15 Å². The molecule has 1 amide bonds. The van der Waals surface area contributed by atoms with Crippen LogP contribution in [0.2, 0.25) is 0 Å². The Labute approximate surface area is 191 Å². The molecule has 174 valence electrons. The van der Waals surface area contributed by atoms with Gasteiger partial charge in [-0.25, -0.2) is 9.78 Å². The normalized spacial score (nSPS) is 11.7. The number of nitrogens with one attached hydrogen (secondary N) is 1. The number of amides is 1. The first-order valence-corrected chi connectivity index (χ1v) is 10.0. The number of ether oxygens (including phenoxy) is 1. The Balaban J connectivity index is 1.43. The maximum Gasteiger partial charge on any atom is 0.573 e. The minimum Gasteiger partial charge on any atom is -0.436 e. The Morgan fingerprint density at radius 3 is 2.44 bits per heavy atom. The van der Waals surface area contributed by atoms with E-state index in [0.29, 0.717) is 27.9 Å². The van der Waals surface area contributed by atoms with Crippen molar-refractivity contribution in [2.75, 3.05) is 5.32 Å². The molecule has 0 bridgehead atoms. The molecular formula is C24H18F3N3O4. The summed E-state index contributed by atoms with van der Waals surface area (Å²) in [6.07, 6.45) is -4.14. The summed E-state index contributed by atoms with van der Waals surface area (Å²) in [5.41, 5.74) is 4.50. The molecule has 1 aromatic heterocycles. The predicted octanol–water partition coefficient (Wildman–Crippen LogP) is 6.59. The Kier molecular flexibility index (Phi) is 6.22. The zero-order valence-corrected chi connectivity index (χ0v) is 18.0. The molecule has 1 N–H and O–H groups in total. The number of benzene rings is 3. The van der Waals surface area contributed by atoms with Gasteiger partial charge in [-0.2, -0.15) is 0 Å². The van der Waals surface area contributed by atoms with Crippen molar-refractivity contribution >= 4 is 29.1 Å². The molecule has 0 saturated heterocycles. The van der Waals surface area contributed by atoms with Crippen molar-refractivity contribution in [1.29, 1.82) is 0 Å². The van der Waals surface area contributed by atoms with Crippen LogP contribution in [-0.2, 0) is 4.84 Å². The van der Waals surface area contributed by atoms with Gasteiger partial charge in [0.25, 0.3) is 0 Å². The van der Waals surface area contributed by atoms with Crippen LogP contribution >= 0.6 is 0 Å². The van der Waals surface area contributed by atoms with Crippen LogP contribution in [0.1, 0.15) is 16.7 Å². The van der Waals surface area contributed by atoms with Crippen molar-refractivity contribution < 1.29 is 32.0 Å². The molecule has 0 fully saturated rings. The summed E-state index contributed by atoms with van der Waals surface area (Å²) in [4.78, 5) is 21.3. The van der Waals surface area contributed by atoms with Crippen molar-refractivity contribution in [2.24, 2.45) is 5.16 Å². The standard InChI is InChI=1S/C24H18F3N3O4/c1-14-4-3-5-15(2)21(14)30-23(31)34-28-13-16-6-11-20-19(12-16)29-22(32-20)17-7-9-18(10-8-17)33-24(25,26)27/h3-13H,1-2H3,(H,30,31). The summed E-state index contributed by atoms with van der Waals surface area (Å²) in [7, 11) is 0. The second kappa shape index (κ2) is 9.26. The smallest absolute Gasteiger partial charge is 0.436 e. The lowest BCUT2D eigenvalue weighted by molar-refractivity contribution is -0.274. The highest BCUT2D eigenvalue weighted by Gasteiger charge is 2.31. The van der Waals surface area contributed by atoms with E-state index < -0.39 is 12.5 Å². The largest absolute Gasteiger partial charge is 0.573 e. The van der Waals surface area contributed by atoms with Crippen LogP contribution in [0.15, 0.2) is 70.2 Å². The van der Waals surface area contributed by atoms with E-state index in [4.69, 9.17) is 9.25 Å². The highest BCUT2D eigenvalue weighted by atomic mass is 19.4. The fourth-order valence-electron chi connectivity index (χ4n) is 3.22. The first kappa shape index (κ1) is 22.8. The van der Waals surface area contributed by atoms with E-state index in [1.54, 1.807) is 18.2 Å². The second-order valence-corrected chi connectivity index (χ2v) is 7.32. The third kappa shape index (κ3) is 5.52. The number of rotatable bonds is 5. The highest BCUT2D eigenvalue weighted by Crippen LogP contribution is 2.28. The number of halogens is 3. The number of alkyl halides is 3. The fourth-order valence-corrected chi connectivity index (χ4v) is 3.22. The molecule has 7 nitrogen and oxygen atoms in total. The number of anilines is 1. The zero-order valence-electron chi connectivity index (χ0n) is 18.0. The van der Waals surface area contributed by atoms with Gasteiger partial charge in [-0.05, 0) is 73.0 Å². The summed E-state index contributed by atoms with van der Waals surface area (Å²) in [6.45, 7) is 3.75. The molecule has 3 aromatic carbocycles. The number of hydrogen-bond donors (Lipinski definition) is 1. The third-order valence-corrected chi connectivity index (χ3v) is 4.79. The molecule has 4 aromatic rings. The molecule has 0 unspecified atom stereocenters. The monoisotopic (exact) mass is 469 g/mol. The van der Waals surface area contributed by atoms with Crippen LogP contribution in [0.4, 0.5) is 23.7 Å². The third-order valence-electron chi connectivity index (χ3n) is 4.79. The SMILES string of the molecule is Cc1cccc(C)c1NC(=O)ON=Cc1ccc2oc(-c3ccc(OC(F)(F)F)cc3)nc2c1. The summed E-state index contributed by atoms with van der Waals surface area (Å²) in [5, 5.41) is 6.37. The molecule has 0 aliphatic rings. The minimum absolute atomic E-state index is 0.229. The van der Waals surface area contributed by atoms with Gasteiger partial charge in [0.2, 0.25) is 5.89 Å². The van der Waals surface area contributed by atoms with Gasteiger partial charge >= 0.3 is 12.5 Å². The molecule has 0 radical (unpaired) electrons. The molecule has 1 heterocycles. The first-order chi connectivity index (χ1) is 16.2. The van der Waals surface area contributed by atoms with Crippen molar-refractivity contribution in [3.63, 3.8) is 0 Å². The number of aryl methyl sites for hydroxylation is 2. The average molecular weight is 469 g/mol. The summed E-state index contributed by atoms with van der Waals surface area (Å²) in [6, 6.07) is 15.8. The first-order valence-electron chi connectivity index (χ1n) is 10.0. The van der Waals surface area contributed by atoms with Crippen molar-refractivity contribution in [3.05, 3.63) is 77.4 Å². The molecular weight excluding hydrogens is 451 g/mol. The summed E-state index contributed by atoms with van der Waals surface area (Å²) >= 11 is 0. The van der Waals surface area contributed by atoms with Crippen LogP contribution < -0.4 is 10.1 Å². The summed E-state index contributed by atoms with van der Waals surface area (Å²) in [5.74, 6) is -0.112. The number of carbonyl (C=O) groups is 1. The number of para-hydroxylation sites is 1. The quantitative estimate of drug-likeness (QED) is 0.202. The lowest BCUT2D eigenvalue weighted by Gasteiger charge is -2.09. The van der Waals surface area contributed by atoms with Crippen LogP contribution in [0.25, 0.3) is 22.6 Å². The van der Waals surface area contributed by atoms with Gasteiger partial charge in [-0.3, -0.25) is 10.2 Å². The topological polar surface area (TPSA) is 86.0 Å². The van der Waals surface area contributed by atoms with Crippen LogP contribution in [0.5, 0.6) is 5.75 Å². The Morgan fingerprint density at radius 1 is 1.06 bits per heavy atom. The van der Waals surface area contributed by atoms with E-state index in [2.05, 4.69) is 20.2 Å². The van der Waals surface area contributed by atoms with E-state index in [1.165, 1.54) is 30.5 Å². The van der Waals surface area contributed by atoms with E-state index in [-0.39, 0.29) is 11.6 Å². The predicted molar refractivity (Wildman–Crippen MR) is 120 cm³/mol. The lowest BCUT2D eigenvalue weighted by atomic mass is 10.1. The Bertz CT molecular complexity index is 1340. The van der Waals surface area contributed by atoms with Gasteiger partial charge in [0.15, 0.2) is 5.58 Å². The number of carbonyl (C=O) groups excluding carboxylic acids is 1. The van der Waals surface area contributed by atoms with Crippen molar-refractivity contribution in [2.45, 2.75) is 20.2 Å². The number of fused-ring (bicyclic) bond motifs is 1. The lowest BCUT2D eigenvalue weighted by Crippen LogP contribution is -2.16. The molecule has 0 aliphatic heterocycles. The Morgan fingerprint density at radius 2 is 1.76 bits per heavy atom. The van der Waals surface area contributed by atoms with E-state index in [0.717, 1.165) is 11.1 Å². The van der Waals surface area contributed by atoms with Gasteiger partial charge in [0.1, 0.15) is 11.3 Å². The van der Waals surface area contributed by atoms with E-state index in [1.807, 2.05) is 32.0 Å². The molecule has 0 aliphatic carbocycles. The summed E-state index contributed by atoms with van der Waals surface area (Å²) < 4.78 is 46.5. The molecule has 34 heavy (non-hydrogen) atoms. The molecule has 10 heteroatoms. The molecule has 0 atom stereocenters. The average Bonchev–Trinajstić information content (AvgIpc) is 3.19. The maximum absolute atomic E-state index is 12.3. The van der Waals surface area contributed by atoms with Crippen molar-refractivity contribution in [1.82, 2.24) is 4.98 Å². The van der Waals surface area contributed by atoms with E-state index in [9.17, 15) is 18.0 Å². The van der Waals surface area contributed by atoms with Crippen LogP contribution in [0, 0.1) is 13.8 Å². The Hall–Kier alpha value is -4.34. The van der Waals surface area contributed by atoms with Gasteiger partial charge in [0.05, 0.1) is 6.21 Å². The molecule has 0 saturated carbocycles. The minimum atomic E-state index is -4.76. The van der Waals surface area contributed by atoms with Gasteiger partial charge in [-0.1, -0.05) is 23.4 Å². The van der Waals surface area contributed by atoms with E-state index >= 15 is 0 Å². The van der Waals surface area contributed by atoms with Gasteiger partial charge in [0, 0.05) is 11.3 Å². The van der Waals surface area contributed by atoms with Crippen LogP contribution in [0.3, 0.4) is 0 Å². The maximum atomic E-state index is 12.3. The fraction of sp³-hybridized carbons (Fsp3) is 0.125. The van der Waals surface area contributed by atoms with Crippen molar-refractivity contribution in [3.8, 4) is 17.2 Å². The number of nitrogens with zero attached hydrogens (tertiary/aromatic N) is 2. The van der Waals surface area contributed by atoms with Gasteiger partial charge in [-0.15, -0.1) is 13.2 Å². The number of oxazole rings is 1.